The number of hydrogen-bond donors (Lipinski definition) is 2. The highest BCUT2D eigenvalue weighted by Gasteiger charge is 2.22. The van der Waals surface area contributed by atoms with Gasteiger partial charge in [0, 0.05) is 0 Å². The quantitative estimate of drug-likeness (QED) is 0.583. The standard InChI is InChI=1S/C11H15NO6/c1-7(14)8-5-10(17-2)11(18-4-3-13)6-9(8)12(15)16/h5-7,13-14H,3-4H2,1-2H3. The van der Waals surface area contributed by atoms with E-state index in [1.807, 2.05) is 0 Å². The first kappa shape index (κ1) is 14.2. The molecule has 1 aromatic rings. The lowest BCUT2D eigenvalue weighted by atomic mass is 10.1. The van der Waals surface area contributed by atoms with Crippen molar-refractivity contribution in [2.24, 2.45) is 0 Å². The van der Waals surface area contributed by atoms with Gasteiger partial charge in [-0.1, -0.05) is 0 Å². The summed E-state index contributed by atoms with van der Waals surface area (Å²) >= 11 is 0. The first-order valence-electron chi connectivity index (χ1n) is 5.29. The fraction of sp³-hybridized carbons (Fsp3) is 0.455. The number of aliphatic hydroxyl groups is 2. The van der Waals surface area contributed by atoms with Crippen molar-refractivity contribution in [1.29, 1.82) is 0 Å². The van der Waals surface area contributed by atoms with Crippen LogP contribution in [0.2, 0.25) is 0 Å². The minimum atomic E-state index is -0.994. The highest BCUT2D eigenvalue weighted by atomic mass is 16.6. The molecule has 0 amide bonds. The molecular weight excluding hydrogens is 242 g/mol. The molecule has 0 bridgehead atoms. The van der Waals surface area contributed by atoms with Crippen LogP contribution < -0.4 is 9.47 Å². The molecule has 0 saturated carbocycles. The van der Waals surface area contributed by atoms with Crippen LogP contribution in [0.25, 0.3) is 0 Å². The molecular formula is C11H15NO6. The number of aliphatic hydroxyl groups excluding tert-OH is 2. The topological polar surface area (TPSA) is 102 Å². The van der Waals surface area contributed by atoms with Gasteiger partial charge in [0.15, 0.2) is 11.5 Å². The van der Waals surface area contributed by atoms with Crippen molar-refractivity contribution in [2.75, 3.05) is 20.3 Å². The van der Waals surface area contributed by atoms with Crippen molar-refractivity contribution in [2.45, 2.75) is 13.0 Å². The van der Waals surface area contributed by atoms with Crippen molar-refractivity contribution in [3.63, 3.8) is 0 Å². The zero-order valence-corrected chi connectivity index (χ0v) is 10.1. The zero-order valence-electron chi connectivity index (χ0n) is 10.1. The van der Waals surface area contributed by atoms with E-state index in [9.17, 15) is 15.2 Å². The van der Waals surface area contributed by atoms with Crippen molar-refractivity contribution < 1.29 is 24.6 Å². The van der Waals surface area contributed by atoms with E-state index in [-0.39, 0.29) is 36.0 Å². The third-order valence-corrected chi connectivity index (χ3v) is 2.31. The summed E-state index contributed by atoms with van der Waals surface area (Å²) in [5.74, 6) is 0.424. The number of rotatable bonds is 6. The van der Waals surface area contributed by atoms with Gasteiger partial charge in [-0.25, -0.2) is 0 Å². The van der Waals surface area contributed by atoms with Gasteiger partial charge >= 0.3 is 0 Å². The van der Waals surface area contributed by atoms with Gasteiger partial charge in [0.1, 0.15) is 6.61 Å². The molecule has 7 heteroatoms. The number of nitro benzene ring substituents is 1. The Morgan fingerprint density at radius 2 is 2.11 bits per heavy atom. The molecule has 1 atom stereocenters. The molecule has 18 heavy (non-hydrogen) atoms. The van der Waals surface area contributed by atoms with Gasteiger partial charge < -0.3 is 19.7 Å². The van der Waals surface area contributed by atoms with Crippen LogP contribution in [0.4, 0.5) is 5.69 Å². The van der Waals surface area contributed by atoms with E-state index in [1.54, 1.807) is 0 Å². The zero-order chi connectivity index (χ0) is 13.7. The third-order valence-electron chi connectivity index (χ3n) is 2.31. The van der Waals surface area contributed by atoms with E-state index in [4.69, 9.17) is 14.6 Å². The van der Waals surface area contributed by atoms with Crippen LogP contribution >= 0.6 is 0 Å². The predicted octanol–water partition coefficient (Wildman–Crippen LogP) is 1.03. The molecule has 1 rings (SSSR count). The Bertz CT molecular complexity index is 432. The summed E-state index contributed by atoms with van der Waals surface area (Å²) in [6, 6.07) is 2.53. The molecule has 0 saturated heterocycles. The Kier molecular flexibility index (Phi) is 4.87. The number of benzene rings is 1. The summed E-state index contributed by atoms with van der Waals surface area (Å²) in [4.78, 5) is 10.3. The lowest BCUT2D eigenvalue weighted by Gasteiger charge is -2.13. The lowest BCUT2D eigenvalue weighted by Crippen LogP contribution is -2.06. The summed E-state index contributed by atoms with van der Waals surface area (Å²) in [5, 5.41) is 29.1. The summed E-state index contributed by atoms with van der Waals surface area (Å²) in [5.41, 5.74) is -0.105. The van der Waals surface area contributed by atoms with Crippen molar-refractivity contribution in [3.8, 4) is 11.5 Å². The number of hydrogen-bond acceptors (Lipinski definition) is 6. The van der Waals surface area contributed by atoms with Gasteiger partial charge in [0.2, 0.25) is 0 Å². The lowest BCUT2D eigenvalue weighted by molar-refractivity contribution is -0.386. The average molecular weight is 257 g/mol. The molecule has 2 N–H and O–H groups in total. The van der Waals surface area contributed by atoms with E-state index < -0.39 is 11.0 Å². The van der Waals surface area contributed by atoms with Crippen LogP contribution in [0.15, 0.2) is 12.1 Å². The minimum absolute atomic E-state index is 0.00153. The maximum atomic E-state index is 10.9. The van der Waals surface area contributed by atoms with E-state index >= 15 is 0 Å². The summed E-state index contributed by atoms with van der Waals surface area (Å²) in [7, 11) is 1.39. The van der Waals surface area contributed by atoms with Crippen LogP contribution in [0.5, 0.6) is 11.5 Å². The van der Waals surface area contributed by atoms with Gasteiger partial charge in [-0.15, -0.1) is 0 Å². The van der Waals surface area contributed by atoms with Crippen molar-refractivity contribution in [1.82, 2.24) is 0 Å². The van der Waals surface area contributed by atoms with E-state index in [1.165, 1.54) is 26.2 Å². The van der Waals surface area contributed by atoms with Crippen LogP contribution in [0, 0.1) is 10.1 Å². The maximum absolute atomic E-state index is 10.9. The summed E-state index contributed by atoms with van der Waals surface area (Å²) in [6.45, 7) is 1.21. The molecule has 1 unspecified atom stereocenters. The molecule has 100 valence electrons. The first-order chi connectivity index (χ1) is 8.51. The second-order valence-electron chi connectivity index (χ2n) is 3.57. The monoisotopic (exact) mass is 257 g/mol. The Balaban J connectivity index is 3.27. The Morgan fingerprint density at radius 1 is 1.44 bits per heavy atom. The second kappa shape index (κ2) is 6.18. The van der Waals surface area contributed by atoms with Crippen LogP contribution in [-0.2, 0) is 0 Å². The Labute approximate surface area is 104 Å². The minimum Gasteiger partial charge on any atom is -0.493 e. The van der Waals surface area contributed by atoms with Crippen molar-refractivity contribution >= 4 is 5.69 Å². The fourth-order valence-electron chi connectivity index (χ4n) is 1.49. The number of nitrogens with zero attached hydrogens (tertiary/aromatic N) is 1. The molecule has 0 aliphatic carbocycles. The number of nitro groups is 1. The smallest absolute Gasteiger partial charge is 0.279 e. The molecule has 0 fully saturated rings. The molecule has 0 spiro atoms. The van der Waals surface area contributed by atoms with Gasteiger partial charge in [0.05, 0.1) is 36.4 Å². The highest BCUT2D eigenvalue weighted by molar-refractivity contribution is 5.55. The molecule has 7 nitrogen and oxygen atoms in total. The van der Waals surface area contributed by atoms with Gasteiger partial charge in [-0.3, -0.25) is 10.1 Å². The molecule has 0 aliphatic heterocycles. The van der Waals surface area contributed by atoms with Crippen LogP contribution in [0.3, 0.4) is 0 Å². The third kappa shape index (κ3) is 3.08. The average Bonchev–Trinajstić information content (AvgIpc) is 2.34. The van der Waals surface area contributed by atoms with Gasteiger partial charge in [-0.2, -0.15) is 0 Å². The number of methoxy groups -OCH3 is 1. The van der Waals surface area contributed by atoms with Gasteiger partial charge in [-0.05, 0) is 13.0 Å². The van der Waals surface area contributed by atoms with E-state index in [0.29, 0.717) is 0 Å². The Hall–Kier alpha value is -1.86. The molecule has 0 heterocycles. The molecule has 0 aromatic heterocycles. The predicted molar refractivity (Wildman–Crippen MR) is 62.9 cm³/mol. The molecule has 0 radical (unpaired) electrons. The van der Waals surface area contributed by atoms with Gasteiger partial charge in [0.25, 0.3) is 5.69 Å². The maximum Gasteiger partial charge on any atom is 0.279 e. The normalized spacial score (nSPS) is 12.0. The fourth-order valence-corrected chi connectivity index (χ4v) is 1.49. The SMILES string of the molecule is COc1cc(C(C)O)c([N+](=O)[O-])cc1OCCO. The molecule has 1 aromatic carbocycles. The van der Waals surface area contributed by atoms with Crippen molar-refractivity contribution in [3.05, 3.63) is 27.8 Å². The highest BCUT2D eigenvalue weighted by Crippen LogP contribution is 2.37. The van der Waals surface area contributed by atoms with Crippen LogP contribution in [0.1, 0.15) is 18.6 Å². The van der Waals surface area contributed by atoms with E-state index in [2.05, 4.69) is 0 Å². The number of ether oxygens (including phenoxy) is 2. The largest absolute Gasteiger partial charge is 0.493 e. The van der Waals surface area contributed by atoms with E-state index in [0.717, 1.165) is 0 Å². The summed E-state index contributed by atoms with van der Waals surface area (Å²) in [6.07, 6.45) is -0.994. The molecule has 0 aliphatic rings. The Morgan fingerprint density at radius 3 is 2.56 bits per heavy atom. The first-order valence-corrected chi connectivity index (χ1v) is 5.29. The second-order valence-corrected chi connectivity index (χ2v) is 3.57. The van der Waals surface area contributed by atoms with Crippen LogP contribution in [-0.4, -0.2) is 35.5 Å². The summed E-state index contributed by atoms with van der Waals surface area (Å²) < 4.78 is 10.2.